The van der Waals surface area contributed by atoms with Crippen molar-refractivity contribution in [3.05, 3.63) is 59.4 Å². The molecule has 0 atom stereocenters. The molecule has 0 radical (unpaired) electrons. The molecule has 1 aromatic carbocycles. The Morgan fingerprint density at radius 3 is 2.70 bits per heavy atom. The number of aromatic nitrogens is 3. The zero-order chi connectivity index (χ0) is 16.4. The smallest absolute Gasteiger partial charge is 0.252 e. The highest BCUT2D eigenvalue weighted by Crippen LogP contribution is 2.21. The number of amides is 1. The molecule has 3 rings (SSSR count). The minimum atomic E-state index is -0.104. The summed E-state index contributed by atoms with van der Waals surface area (Å²) in [6, 6.07) is 11.9. The molecule has 0 aliphatic rings. The molecule has 0 spiro atoms. The van der Waals surface area contributed by atoms with Gasteiger partial charge in [0.05, 0.1) is 17.1 Å². The van der Waals surface area contributed by atoms with E-state index in [-0.39, 0.29) is 11.9 Å². The predicted octanol–water partition coefficient (Wildman–Crippen LogP) is 3.25. The third-order valence-corrected chi connectivity index (χ3v) is 3.72. The van der Waals surface area contributed by atoms with Gasteiger partial charge in [0.2, 0.25) is 0 Å². The number of rotatable bonds is 4. The largest absolute Gasteiger partial charge is 0.348 e. The first-order chi connectivity index (χ1) is 11.1. The molecule has 1 N–H and O–H groups in total. The first kappa shape index (κ1) is 15.2. The monoisotopic (exact) mass is 308 g/mol. The lowest BCUT2D eigenvalue weighted by molar-refractivity contribution is 0.0952. The van der Waals surface area contributed by atoms with Crippen LogP contribution in [0.4, 0.5) is 0 Å². The van der Waals surface area contributed by atoms with Crippen LogP contribution in [0.15, 0.2) is 42.6 Å². The normalized spacial score (nSPS) is 11.1. The number of pyridine rings is 1. The summed E-state index contributed by atoms with van der Waals surface area (Å²) in [7, 11) is 0. The van der Waals surface area contributed by atoms with Crippen molar-refractivity contribution in [2.24, 2.45) is 0 Å². The highest BCUT2D eigenvalue weighted by Gasteiger charge is 2.16. The van der Waals surface area contributed by atoms with Crippen LogP contribution in [-0.2, 0) is 6.54 Å². The standard InChI is InChI=1S/C18H20N4O/c1-12(2)22-17-16(11-20-22)15(9-13(3)21-17)18(23)19-10-14-7-5-4-6-8-14/h4-9,11-12H,10H2,1-3H3,(H,19,23). The van der Waals surface area contributed by atoms with Crippen molar-refractivity contribution < 1.29 is 4.79 Å². The van der Waals surface area contributed by atoms with Crippen LogP contribution in [0.5, 0.6) is 0 Å². The number of hydrogen-bond donors (Lipinski definition) is 1. The Hall–Kier alpha value is -2.69. The Balaban J connectivity index is 1.91. The molecule has 2 heterocycles. The van der Waals surface area contributed by atoms with Gasteiger partial charge >= 0.3 is 0 Å². The highest BCUT2D eigenvalue weighted by atomic mass is 16.1. The minimum absolute atomic E-state index is 0.104. The summed E-state index contributed by atoms with van der Waals surface area (Å²) in [5, 5.41) is 8.13. The van der Waals surface area contributed by atoms with E-state index in [9.17, 15) is 4.79 Å². The maximum Gasteiger partial charge on any atom is 0.252 e. The Kier molecular flexibility index (Phi) is 4.10. The molecule has 3 aromatic rings. The maximum absolute atomic E-state index is 12.6. The molecular weight excluding hydrogens is 288 g/mol. The molecule has 1 amide bonds. The lowest BCUT2D eigenvalue weighted by atomic mass is 10.1. The number of fused-ring (bicyclic) bond motifs is 1. The second-order valence-corrected chi connectivity index (χ2v) is 5.90. The van der Waals surface area contributed by atoms with Gasteiger partial charge in [-0.15, -0.1) is 0 Å². The van der Waals surface area contributed by atoms with E-state index in [0.29, 0.717) is 12.1 Å². The quantitative estimate of drug-likeness (QED) is 0.805. The molecule has 5 heteroatoms. The summed E-state index contributed by atoms with van der Waals surface area (Å²) in [6.45, 7) is 6.49. The molecule has 118 valence electrons. The van der Waals surface area contributed by atoms with Gasteiger partial charge in [0.1, 0.15) is 0 Å². The van der Waals surface area contributed by atoms with Gasteiger partial charge in [0.15, 0.2) is 5.65 Å². The average Bonchev–Trinajstić information content (AvgIpc) is 2.96. The zero-order valence-corrected chi connectivity index (χ0v) is 13.6. The van der Waals surface area contributed by atoms with E-state index in [2.05, 4.69) is 15.4 Å². The maximum atomic E-state index is 12.6. The molecule has 23 heavy (non-hydrogen) atoms. The fraction of sp³-hybridized carbons (Fsp3) is 0.278. The van der Waals surface area contributed by atoms with Gasteiger partial charge < -0.3 is 5.32 Å². The van der Waals surface area contributed by atoms with Crippen molar-refractivity contribution >= 4 is 16.9 Å². The predicted molar refractivity (Wildman–Crippen MR) is 90.3 cm³/mol. The SMILES string of the molecule is Cc1cc(C(=O)NCc2ccccc2)c2cnn(C(C)C)c2n1. The Bertz CT molecular complexity index is 837. The van der Waals surface area contributed by atoms with E-state index < -0.39 is 0 Å². The van der Waals surface area contributed by atoms with Gasteiger partial charge in [-0.05, 0) is 32.4 Å². The van der Waals surface area contributed by atoms with E-state index in [1.54, 1.807) is 6.20 Å². The van der Waals surface area contributed by atoms with Crippen LogP contribution in [0.1, 0.15) is 41.5 Å². The third-order valence-electron chi connectivity index (χ3n) is 3.72. The second kappa shape index (κ2) is 6.20. The van der Waals surface area contributed by atoms with Crippen molar-refractivity contribution in [1.29, 1.82) is 0 Å². The molecule has 0 bridgehead atoms. The lowest BCUT2D eigenvalue weighted by Gasteiger charge is -2.09. The van der Waals surface area contributed by atoms with Crippen LogP contribution < -0.4 is 5.32 Å². The van der Waals surface area contributed by atoms with E-state index in [1.165, 1.54) is 0 Å². The summed E-state index contributed by atoms with van der Waals surface area (Å²) in [5.74, 6) is -0.104. The number of benzene rings is 1. The van der Waals surface area contributed by atoms with Crippen LogP contribution in [0.25, 0.3) is 11.0 Å². The molecule has 0 saturated carbocycles. The molecule has 0 aliphatic carbocycles. The molecular formula is C18H20N4O. The van der Waals surface area contributed by atoms with Crippen LogP contribution in [-0.4, -0.2) is 20.7 Å². The average molecular weight is 308 g/mol. The summed E-state index contributed by atoms with van der Waals surface area (Å²) in [5.41, 5.74) is 3.26. The van der Waals surface area contributed by atoms with Crippen molar-refractivity contribution in [2.45, 2.75) is 33.4 Å². The van der Waals surface area contributed by atoms with Crippen molar-refractivity contribution in [3.8, 4) is 0 Å². The van der Waals surface area contributed by atoms with Crippen molar-refractivity contribution in [3.63, 3.8) is 0 Å². The van der Waals surface area contributed by atoms with E-state index in [4.69, 9.17) is 0 Å². The van der Waals surface area contributed by atoms with Crippen LogP contribution in [0.3, 0.4) is 0 Å². The van der Waals surface area contributed by atoms with E-state index in [1.807, 2.05) is 61.9 Å². The van der Waals surface area contributed by atoms with E-state index >= 15 is 0 Å². The van der Waals surface area contributed by atoms with Gasteiger partial charge in [-0.25, -0.2) is 9.67 Å². The molecule has 0 fully saturated rings. The minimum Gasteiger partial charge on any atom is -0.348 e. The molecule has 2 aromatic heterocycles. The van der Waals surface area contributed by atoms with Gasteiger partial charge in [-0.1, -0.05) is 30.3 Å². The first-order valence-corrected chi connectivity index (χ1v) is 7.73. The summed E-state index contributed by atoms with van der Waals surface area (Å²) in [4.78, 5) is 17.1. The lowest BCUT2D eigenvalue weighted by Crippen LogP contribution is -2.23. The topological polar surface area (TPSA) is 59.8 Å². The fourth-order valence-electron chi connectivity index (χ4n) is 2.58. The fourth-order valence-corrected chi connectivity index (χ4v) is 2.58. The summed E-state index contributed by atoms with van der Waals surface area (Å²) in [6.07, 6.45) is 1.72. The molecule has 0 saturated heterocycles. The number of nitrogens with one attached hydrogen (secondary N) is 1. The molecule has 5 nitrogen and oxygen atoms in total. The highest BCUT2D eigenvalue weighted by molar-refractivity contribution is 6.05. The second-order valence-electron chi connectivity index (χ2n) is 5.90. The number of aryl methyl sites for hydroxylation is 1. The van der Waals surface area contributed by atoms with Crippen LogP contribution in [0.2, 0.25) is 0 Å². The zero-order valence-electron chi connectivity index (χ0n) is 13.6. The Labute approximate surface area is 135 Å². The molecule has 0 unspecified atom stereocenters. The van der Waals surface area contributed by atoms with Gasteiger partial charge in [-0.2, -0.15) is 5.10 Å². The number of nitrogens with zero attached hydrogens (tertiary/aromatic N) is 3. The van der Waals surface area contributed by atoms with Gasteiger partial charge in [-0.3, -0.25) is 4.79 Å². The Morgan fingerprint density at radius 2 is 2.00 bits per heavy atom. The molecule has 0 aliphatic heterocycles. The Morgan fingerprint density at radius 1 is 1.26 bits per heavy atom. The van der Waals surface area contributed by atoms with E-state index in [0.717, 1.165) is 22.3 Å². The number of carbonyl (C=O) groups is 1. The first-order valence-electron chi connectivity index (χ1n) is 7.73. The van der Waals surface area contributed by atoms with Crippen molar-refractivity contribution in [1.82, 2.24) is 20.1 Å². The van der Waals surface area contributed by atoms with Crippen LogP contribution in [0, 0.1) is 6.92 Å². The summed E-state index contributed by atoms with van der Waals surface area (Å²) < 4.78 is 1.84. The summed E-state index contributed by atoms with van der Waals surface area (Å²) >= 11 is 0. The van der Waals surface area contributed by atoms with Crippen molar-refractivity contribution in [2.75, 3.05) is 0 Å². The number of hydrogen-bond acceptors (Lipinski definition) is 3. The third kappa shape index (κ3) is 3.08. The van der Waals surface area contributed by atoms with Crippen LogP contribution >= 0.6 is 0 Å². The van der Waals surface area contributed by atoms with Gasteiger partial charge in [0.25, 0.3) is 5.91 Å². The number of carbonyl (C=O) groups excluding carboxylic acids is 1. The van der Waals surface area contributed by atoms with Gasteiger partial charge in [0, 0.05) is 18.3 Å².